The molecule has 6 rings (SSSR count). The number of aliphatic carboxylic acids is 1. The van der Waals surface area contributed by atoms with Crippen molar-refractivity contribution in [1.29, 1.82) is 0 Å². The molecule has 1 aromatic carbocycles. The van der Waals surface area contributed by atoms with Crippen LogP contribution in [0.1, 0.15) is 44.5 Å². The number of carboxylic acid groups (broad SMARTS) is 1. The molecule has 4 aromatic heterocycles. The maximum Gasteiger partial charge on any atom is 0.490 e. The molecule has 1 amide bonds. The van der Waals surface area contributed by atoms with Gasteiger partial charge in [-0.05, 0) is 42.7 Å². The second-order valence-electron chi connectivity index (χ2n) is 11.3. The van der Waals surface area contributed by atoms with Crippen molar-refractivity contribution in [3.8, 4) is 33.6 Å². The number of hydrogen-bond donors (Lipinski definition) is 2. The van der Waals surface area contributed by atoms with Crippen molar-refractivity contribution >= 4 is 29.2 Å². The number of rotatable bonds is 4. The number of pyridine rings is 1. The summed E-state index contributed by atoms with van der Waals surface area (Å²) in [6.45, 7) is -0.911. The molecule has 0 aliphatic carbocycles. The molecule has 0 saturated carbocycles. The number of benzene rings is 1. The number of amides is 1. The summed E-state index contributed by atoms with van der Waals surface area (Å²) < 4.78 is 61.9. The third-order valence-electron chi connectivity index (χ3n) is 7.94. The SMILES string of the molecule is C[C@@H]1CCC[C@H](n2cnc(-c3cc(Cl)ccc3-c3cnn(C(F)F)c3)cc2=O)c2cc(ccn2)-c2c(cnn2C)NC1=O.O=C(O)C(F)(F)F. The van der Waals surface area contributed by atoms with Gasteiger partial charge in [0.15, 0.2) is 0 Å². The Hall–Kier alpha value is -5.45. The van der Waals surface area contributed by atoms with Gasteiger partial charge in [0.05, 0.1) is 47.5 Å². The fraction of sp³-hybridized carbons (Fsp3) is 0.281. The summed E-state index contributed by atoms with van der Waals surface area (Å²) in [5.74, 6) is -3.11. The predicted octanol–water partition coefficient (Wildman–Crippen LogP) is 6.60. The Labute approximate surface area is 285 Å². The first kappa shape index (κ1) is 35.8. The molecule has 50 heavy (non-hydrogen) atoms. The predicted molar refractivity (Wildman–Crippen MR) is 171 cm³/mol. The van der Waals surface area contributed by atoms with Crippen LogP contribution in [0.5, 0.6) is 0 Å². The summed E-state index contributed by atoms with van der Waals surface area (Å²) in [4.78, 5) is 44.8. The topological polar surface area (TPSA) is 150 Å². The number of aryl methyl sites for hydroxylation is 1. The zero-order chi connectivity index (χ0) is 36.3. The first-order chi connectivity index (χ1) is 23.6. The Morgan fingerprint density at radius 3 is 2.42 bits per heavy atom. The second-order valence-corrected chi connectivity index (χ2v) is 11.8. The molecule has 12 nitrogen and oxygen atoms in total. The molecule has 5 heterocycles. The summed E-state index contributed by atoms with van der Waals surface area (Å²) >= 11 is 6.29. The summed E-state index contributed by atoms with van der Waals surface area (Å²) in [5.41, 5.74) is 4.31. The van der Waals surface area contributed by atoms with Crippen molar-refractivity contribution < 1.29 is 36.6 Å². The number of fused-ring (bicyclic) bond motifs is 4. The van der Waals surface area contributed by atoms with Crippen LogP contribution in [0, 0.1) is 5.92 Å². The Kier molecular flexibility index (Phi) is 10.4. The largest absolute Gasteiger partial charge is 0.490 e. The van der Waals surface area contributed by atoms with Crippen molar-refractivity contribution in [2.45, 2.75) is 45.0 Å². The van der Waals surface area contributed by atoms with Crippen LogP contribution in [-0.2, 0) is 16.6 Å². The highest BCUT2D eigenvalue weighted by Gasteiger charge is 2.38. The molecule has 2 atom stereocenters. The van der Waals surface area contributed by atoms with Crippen LogP contribution in [-0.4, -0.2) is 57.3 Å². The first-order valence-electron chi connectivity index (χ1n) is 14.9. The van der Waals surface area contributed by atoms with Gasteiger partial charge in [0.1, 0.15) is 0 Å². The van der Waals surface area contributed by atoms with Gasteiger partial charge in [-0.2, -0.15) is 32.1 Å². The summed E-state index contributed by atoms with van der Waals surface area (Å²) in [6.07, 6.45) is 4.07. The molecule has 0 unspecified atom stereocenters. The van der Waals surface area contributed by atoms with Gasteiger partial charge < -0.3 is 10.4 Å². The lowest BCUT2D eigenvalue weighted by Gasteiger charge is -2.22. The van der Waals surface area contributed by atoms with Gasteiger partial charge in [0.2, 0.25) is 5.91 Å². The summed E-state index contributed by atoms with van der Waals surface area (Å²) in [7, 11) is 1.80. The molecule has 1 aliphatic rings. The van der Waals surface area contributed by atoms with Crippen molar-refractivity contribution in [1.82, 2.24) is 34.1 Å². The standard InChI is InChI=1S/C30H27ClF2N8O2.C2HF3O2/c1-17-4-3-5-26(24-10-18(8-9-34-24)28-25(38-29(17)43)14-36-39(28)2)40-16-35-23(12-27(40)42)22-11-20(31)6-7-21(22)19-13-37-41(15-19)30(32)33;3-2(4,5)1(6)7/h6-17,26,30H,3-5H2,1-2H3,(H,38,43);(H,6,7)/t17-,26+;/m1./s1. The normalized spacial score (nSPS) is 16.4. The van der Waals surface area contributed by atoms with E-state index in [1.54, 1.807) is 42.3 Å². The van der Waals surface area contributed by atoms with Gasteiger partial charge in [0.25, 0.3) is 5.56 Å². The molecule has 0 fully saturated rings. The van der Waals surface area contributed by atoms with Crippen molar-refractivity contribution in [3.05, 3.63) is 88.6 Å². The zero-order valence-electron chi connectivity index (χ0n) is 26.3. The van der Waals surface area contributed by atoms with E-state index < -0.39 is 24.7 Å². The number of halogens is 6. The minimum absolute atomic E-state index is 0.0970. The van der Waals surface area contributed by atoms with Crippen molar-refractivity contribution in [2.75, 3.05) is 5.32 Å². The van der Waals surface area contributed by atoms with E-state index in [-0.39, 0.29) is 17.4 Å². The number of nitrogens with zero attached hydrogens (tertiary/aromatic N) is 7. The zero-order valence-corrected chi connectivity index (χ0v) is 27.0. The monoisotopic (exact) mass is 718 g/mol. The Morgan fingerprint density at radius 2 is 1.76 bits per heavy atom. The molecule has 0 radical (unpaired) electrons. The number of nitrogens with one attached hydrogen (secondary N) is 1. The van der Waals surface area contributed by atoms with Gasteiger partial charge in [-0.1, -0.05) is 31.0 Å². The number of alkyl halides is 5. The van der Waals surface area contributed by atoms with Gasteiger partial charge >= 0.3 is 18.7 Å². The maximum atomic E-state index is 13.7. The van der Waals surface area contributed by atoms with Crippen LogP contribution in [0.25, 0.3) is 33.6 Å². The van der Waals surface area contributed by atoms with E-state index in [1.807, 2.05) is 19.1 Å². The van der Waals surface area contributed by atoms with E-state index in [9.17, 15) is 31.5 Å². The molecule has 262 valence electrons. The Bertz CT molecular complexity index is 2100. The number of aromatic nitrogens is 7. The highest BCUT2D eigenvalue weighted by Crippen LogP contribution is 2.35. The van der Waals surface area contributed by atoms with Crippen molar-refractivity contribution in [2.24, 2.45) is 13.0 Å². The molecule has 2 bridgehead atoms. The third kappa shape index (κ3) is 7.88. The van der Waals surface area contributed by atoms with Crippen LogP contribution >= 0.6 is 11.6 Å². The Morgan fingerprint density at radius 1 is 1.02 bits per heavy atom. The van der Waals surface area contributed by atoms with Gasteiger partial charge in [-0.3, -0.25) is 23.8 Å². The smallest absolute Gasteiger partial charge is 0.475 e. The van der Waals surface area contributed by atoms with E-state index in [1.165, 1.54) is 29.4 Å². The summed E-state index contributed by atoms with van der Waals surface area (Å²) in [6, 6.07) is 9.65. The van der Waals surface area contributed by atoms with Gasteiger partial charge in [0, 0.05) is 53.1 Å². The van der Waals surface area contributed by atoms with E-state index >= 15 is 0 Å². The number of anilines is 1. The first-order valence-corrected chi connectivity index (χ1v) is 15.3. The Balaban J connectivity index is 0.000000630. The van der Waals surface area contributed by atoms with Crippen LogP contribution in [0.2, 0.25) is 5.02 Å². The van der Waals surface area contributed by atoms with Gasteiger partial charge in [-0.15, -0.1) is 0 Å². The van der Waals surface area contributed by atoms with Crippen molar-refractivity contribution in [3.63, 3.8) is 0 Å². The molecule has 18 heteroatoms. The van der Waals surface area contributed by atoms with Crippen LogP contribution in [0.3, 0.4) is 0 Å². The lowest BCUT2D eigenvalue weighted by Crippen LogP contribution is -2.27. The van der Waals surface area contributed by atoms with Crippen LogP contribution < -0.4 is 10.9 Å². The van der Waals surface area contributed by atoms with E-state index in [4.69, 9.17) is 21.5 Å². The van der Waals surface area contributed by atoms with Gasteiger partial charge in [-0.25, -0.2) is 14.5 Å². The molecule has 0 spiro atoms. The average Bonchev–Trinajstić information content (AvgIpc) is 3.70. The molecular formula is C32H28ClF5N8O4. The third-order valence-corrected chi connectivity index (χ3v) is 8.17. The molecule has 0 saturated heterocycles. The number of hydrogen-bond acceptors (Lipinski definition) is 7. The number of carbonyl (C=O) groups excluding carboxylic acids is 1. The minimum Gasteiger partial charge on any atom is -0.475 e. The molecular weight excluding hydrogens is 691 g/mol. The average molecular weight is 719 g/mol. The molecule has 5 aromatic rings. The number of carboxylic acids is 1. The minimum atomic E-state index is -5.08. The van der Waals surface area contributed by atoms with E-state index in [2.05, 4.69) is 25.5 Å². The van der Waals surface area contributed by atoms with E-state index in [0.717, 1.165) is 11.3 Å². The summed E-state index contributed by atoms with van der Waals surface area (Å²) in [5, 5.41) is 18.6. The van der Waals surface area contributed by atoms with E-state index in [0.29, 0.717) is 62.7 Å². The quantitative estimate of drug-likeness (QED) is 0.198. The maximum absolute atomic E-state index is 13.7. The highest BCUT2D eigenvalue weighted by atomic mass is 35.5. The van der Waals surface area contributed by atoms with Crippen LogP contribution in [0.4, 0.5) is 27.6 Å². The molecule has 2 N–H and O–H groups in total. The number of carbonyl (C=O) groups is 2. The fourth-order valence-electron chi connectivity index (χ4n) is 5.44. The highest BCUT2D eigenvalue weighted by molar-refractivity contribution is 6.31. The fourth-order valence-corrected chi connectivity index (χ4v) is 5.61. The molecule has 1 aliphatic heterocycles. The second kappa shape index (κ2) is 14.6. The lowest BCUT2D eigenvalue weighted by molar-refractivity contribution is -0.192. The lowest BCUT2D eigenvalue weighted by atomic mass is 9.96. The van der Waals surface area contributed by atoms with Crippen LogP contribution in [0.15, 0.2) is 72.3 Å².